The van der Waals surface area contributed by atoms with Crippen LogP contribution in [-0.2, 0) is 14.3 Å². The molecule has 5 nitrogen and oxygen atoms in total. The van der Waals surface area contributed by atoms with Gasteiger partial charge in [-0.15, -0.1) is 0 Å². The predicted octanol–water partition coefficient (Wildman–Crippen LogP) is 1.17. The zero-order valence-corrected chi connectivity index (χ0v) is 12.2. The molecule has 0 unspecified atom stereocenters. The van der Waals surface area contributed by atoms with Crippen molar-refractivity contribution >= 4 is 11.9 Å². The summed E-state index contributed by atoms with van der Waals surface area (Å²) in [6.07, 6.45) is 0.399. The van der Waals surface area contributed by atoms with E-state index in [1.807, 2.05) is 27.7 Å². The fourth-order valence-corrected chi connectivity index (χ4v) is 1.52. The zero-order chi connectivity index (χ0) is 14.1. The molecule has 18 heavy (non-hydrogen) atoms. The van der Waals surface area contributed by atoms with Gasteiger partial charge in [0.25, 0.3) is 0 Å². The van der Waals surface area contributed by atoms with Crippen LogP contribution in [0.25, 0.3) is 0 Å². The summed E-state index contributed by atoms with van der Waals surface area (Å²) in [6, 6.07) is 0.358. The summed E-state index contributed by atoms with van der Waals surface area (Å²) in [5.41, 5.74) is 0. The Morgan fingerprint density at radius 1 is 1.22 bits per heavy atom. The molecular weight excluding hydrogens is 232 g/mol. The highest BCUT2D eigenvalue weighted by atomic mass is 16.5. The number of esters is 1. The van der Waals surface area contributed by atoms with Gasteiger partial charge in [0, 0.05) is 25.0 Å². The molecule has 0 spiro atoms. The van der Waals surface area contributed by atoms with Crippen LogP contribution in [0.15, 0.2) is 0 Å². The van der Waals surface area contributed by atoms with E-state index in [0.29, 0.717) is 25.6 Å². The molecule has 0 aliphatic rings. The first-order valence-corrected chi connectivity index (χ1v) is 6.56. The molecule has 0 saturated carbocycles. The summed E-state index contributed by atoms with van der Waals surface area (Å²) in [5, 5.41) is 3.18. The van der Waals surface area contributed by atoms with E-state index >= 15 is 0 Å². The Bertz CT molecular complexity index is 265. The van der Waals surface area contributed by atoms with Gasteiger partial charge in [0.1, 0.15) is 6.54 Å². The highest BCUT2D eigenvalue weighted by Gasteiger charge is 2.20. The Kier molecular flexibility index (Phi) is 8.37. The van der Waals surface area contributed by atoms with Crippen LogP contribution in [-0.4, -0.2) is 48.6 Å². The minimum atomic E-state index is -0.351. The Balaban J connectivity index is 4.23. The van der Waals surface area contributed by atoms with E-state index in [9.17, 15) is 9.59 Å². The maximum absolute atomic E-state index is 12.0. The third-order valence-corrected chi connectivity index (χ3v) is 2.44. The fourth-order valence-electron chi connectivity index (χ4n) is 1.52. The number of nitrogens with one attached hydrogen (secondary N) is 1. The zero-order valence-electron chi connectivity index (χ0n) is 12.2. The van der Waals surface area contributed by atoms with E-state index in [0.717, 1.165) is 0 Å². The topological polar surface area (TPSA) is 58.6 Å². The van der Waals surface area contributed by atoms with E-state index in [-0.39, 0.29) is 24.5 Å². The van der Waals surface area contributed by atoms with E-state index < -0.39 is 0 Å². The van der Waals surface area contributed by atoms with Crippen molar-refractivity contribution in [3.63, 3.8) is 0 Å². The molecule has 0 rings (SSSR count). The molecule has 0 radical (unpaired) electrons. The molecule has 106 valence electrons. The molecule has 0 atom stereocenters. The van der Waals surface area contributed by atoms with Gasteiger partial charge >= 0.3 is 5.97 Å². The van der Waals surface area contributed by atoms with Gasteiger partial charge in [-0.1, -0.05) is 13.8 Å². The molecule has 1 N–H and O–H groups in total. The second kappa shape index (κ2) is 8.91. The van der Waals surface area contributed by atoms with Crippen molar-refractivity contribution in [3.8, 4) is 0 Å². The lowest BCUT2D eigenvalue weighted by molar-refractivity contribution is -0.150. The maximum atomic E-state index is 12.0. The molecule has 0 aliphatic carbocycles. The smallest absolute Gasteiger partial charge is 0.325 e. The van der Waals surface area contributed by atoms with Gasteiger partial charge in [0.15, 0.2) is 0 Å². The van der Waals surface area contributed by atoms with Gasteiger partial charge in [-0.2, -0.15) is 0 Å². The average molecular weight is 258 g/mol. The third-order valence-electron chi connectivity index (χ3n) is 2.44. The summed E-state index contributed by atoms with van der Waals surface area (Å²) < 4.78 is 4.87. The Hall–Kier alpha value is -1.10. The summed E-state index contributed by atoms with van der Waals surface area (Å²) in [5.74, 6) is -0.373. The molecule has 0 aromatic heterocycles. The predicted molar refractivity (Wildman–Crippen MR) is 71.2 cm³/mol. The summed E-state index contributed by atoms with van der Waals surface area (Å²) in [4.78, 5) is 25.0. The molecule has 0 heterocycles. The Morgan fingerprint density at radius 3 is 2.28 bits per heavy atom. The first-order valence-electron chi connectivity index (χ1n) is 6.56. The molecule has 0 aromatic rings. The average Bonchev–Trinajstić information content (AvgIpc) is 2.25. The van der Waals surface area contributed by atoms with E-state index in [1.165, 1.54) is 0 Å². The van der Waals surface area contributed by atoms with E-state index in [4.69, 9.17) is 4.74 Å². The Labute approximate surface area is 110 Å². The Morgan fingerprint density at radius 2 is 1.83 bits per heavy atom. The number of carbonyl (C=O) groups is 2. The van der Waals surface area contributed by atoms with Gasteiger partial charge in [-0.05, 0) is 20.8 Å². The number of nitrogens with zero attached hydrogens (tertiary/aromatic N) is 1. The highest BCUT2D eigenvalue weighted by Crippen LogP contribution is 2.02. The van der Waals surface area contributed by atoms with Gasteiger partial charge in [0.05, 0.1) is 6.61 Å². The lowest BCUT2D eigenvalue weighted by Gasteiger charge is -2.26. The fraction of sp³-hybridized carbons (Fsp3) is 0.846. The minimum Gasteiger partial charge on any atom is -0.465 e. The molecule has 0 aromatic carbocycles. The summed E-state index contributed by atoms with van der Waals surface area (Å²) in [6.45, 7) is 10.6. The molecule has 0 bridgehead atoms. The molecule has 0 saturated heterocycles. The van der Waals surface area contributed by atoms with Crippen molar-refractivity contribution in [2.75, 3.05) is 19.7 Å². The number of carbonyl (C=O) groups excluding carboxylic acids is 2. The van der Waals surface area contributed by atoms with Gasteiger partial charge in [-0.25, -0.2) is 0 Å². The largest absolute Gasteiger partial charge is 0.465 e. The maximum Gasteiger partial charge on any atom is 0.325 e. The highest BCUT2D eigenvalue weighted by molar-refractivity contribution is 5.82. The first kappa shape index (κ1) is 16.9. The number of ether oxygens (including phenoxy) is 1. The van der Waals surface area contributed by atoms with Crippen LogP contribution in [0.4, 0.5) is 0 Å². The number of hydrogen-bond acceptors (Lipinski definition) is 4. The number of hydrogen-bond donors (Lipinski definition) is 1. The molecule has 1 amide bonds. The van der Waals surface area contributed by atoms with Crippen LogP contribution in [0.5, 0.6) is 0 Å². The van der Waals surface area contributed by atoms with Crippen molar-refractivity contribution in [2.45, 2.75) is 53.1 Å². The first-order chi connectivity index (χ1) is 8.38. The van der Waals surface area contributed by atoms with Gasteiger partial charge in [-0.3, -0.25) is 9.59 Å². The molecule has 0 aliphatic heterocycles. The number of amides is 1. The van der Waals surface area contributed by atoms with Crippen molar-refractivity contribution in [1.82, 2.24) is 10.2 Å². The van der Waals surface area contributed by atoms with Crippen molar-refractivity contribution in [3.05, 3.63) is 0 Å². The van der Waals surface area contributed by atoms with Crippen molar-refractivity contribution in [1.29, 1.82) is 0 Å². The number of rotatable bonds is 8. The summed E-state index contributed by atoms with van der Waals surface area (Å²) in [7, 11) is 0. The molecule has 5 heteroatoms. The van der Waals surface area contributed by atoms with Crippen molar-refractivity contribution < 1.29 is 14.3 Å². The van der Waals surface area contributed by atoms with Gasteiger partial charge < -0.3 is 15.0 Å². The summed E-state index contributed by atoms with van der Waals surface area (Å²) >= 11 is 0. The third kappa shape index (κ3) is 7.27. The van der Waals surface area contributed by atoms with Crippen LogP contribution >= 0.6 is 0 Å². The minimum absolute atomic E-state index is 0.000885. The van der Waals surface area contributed by atoms with Crippen LogP contribution in [0.2, 0.25) is 0 Å². The van der Waals surface area contributed by atoms with E-state index in [2.05, 4.69) is 5.32 Å². The van der Waals surface area contributed by atoms with Gasteiger partial charge in [0.2, 0.25) is 5.91 Å². The standard InChI is InChI=1S/C13H26N2O3/c1-6-18-13(17)9-15(11(4)5)12(16)7-8-14-10(2)3/h10-11,14H,6-9H2,1-5H3. The van der Waals surface area contributed by atoms with Crippen LogP contribution in [0, 0.1) is 0 Å². The lowest BCUT2D eigenvalue weighted by Crippen LogP contribution is -2.42. The SMILES string of the molecule is CCOC(=O)CN(C(=O)CCNC(C)C)C(C)C. The normalized spacial score (nSPS) is 10.8. The monoisotopic (exact) mass is 258 g/mol. The van der Waals surface area contributed by atoms with Crippen LogP contribution < -0.4 is 5.32 Å². The molecule has 0 fully saturated rings. The van der Waals surface area contributed by atoms with Crippen LogP contribution in [0.3, 0.4) is 0 Å². The van der Waals surface area contributed by atoms with Crippen molar-refractivity contribution in [2.24, 2.45) is 0 Å². The quantitative estimate of drug-likeness (QED) is 0.664. The molecular formula is C13H26N2O3. The van der Waals surface area contributed by atoms with E-state index in [1.54, 1.807) is 11.8 Å². The second-order valence-corrected chi connectivity index (χ2v) is 4.78. The van der Waals surface area contributed by atoms with Crippen LogP contribution in [0.1, 0.15) is 41.0 Å². The second-order valence-electron chi connectivity index (χ2n) is 4.78. The lowest BCUT2D eigenvalue weighted by atomic mass is 10.2.